The second-order valence-electron chi connectivity index (χ2n) is 7.22. The smallest absolute Gasteiger partial charge is 0.408 e. The molecule has 0 unspecified atom stereocenters. The lowest BCUT2D eigenvalue weighted by Crippen LogP contribution is -2.44. The Hall–Kier alpha value is -2.83. The number of carbonyl (C=O) groups excluding carboxylic acids is 1. The maximum absolute atomic E-state index is 12.4. The summed E-state index contributed by atoms with van der Waals surface area (Å²) in [4.78, 5) is 12.4. The molecule has 2 atom stereocenters. The Bertz CT molecular complexity index is 735. The monoisotopic (exact) mass is 352 g/mol. The fourth-order valence-corrected chi connectivity index (χ4v) is 3.10. The van der Waals surface area contributed by atoms with Crippen molar-refractivity contribution in [2.75, 3.05) is 13.1 Å². The van der Waals surface area contributed by atoms with E-state index in [2.05, 4.69) is 10.6 Å². The fourth-order valence-electron chi connectivity index (χ4n) is 3.10. The van der Waals surface area contributed by atoms with Gasteiger partial charge in [0.2, 0.25) is 0 Å². The minimum atomic E-state index is -0.612. The number of allylic oxidation sites excluding steroid dienone is 1. The molecule has 1 aliphatic heterocycles. The molecule has 2 N–H and O–H groups in total. The van der Waals surface area contributed by atoms with Gasteiger partial charge >= 0.3 is 6.09 Å². The maximum Gasteiger partial charge on any atom is 0.408 e. The lowest BCUT2D eigenvalue weighted by molar-refractivity contribution is 0.0488. The third-order valence-corrected chi connectivity index (χ3v) is 4.16. The predicted octanol–water partition coefficient (Wildman–Crippen LogP) is 3.21. The van der Waals surface area contributed by atoms with Gasteiger partial charge in [0.1, 0.15) is 23.3 Å². The zero-order valence-corrected chi connectivity index (χ0v) is 15.4. The summed E-state index contributed by atoms with van der Waals surface area (Å²) in [5, 5.41) is 24.9. The number of hydrogen-bond donors (Lipinski definition) is 2. The van der Waals surface area contributed by atoms with Crippen molar-refractivity contribution in [3.05, 3.63) is 47.0 Å². The average Bonchev–Trinajstić information content (AvgIpc) is 2.61. The Kier molecular flexibility index (Phi) is 6.38. The van der Waals surface area contributed by atoms with E-state index in [0.29, 0.717) is 19.5 Å². The number of hydrogen-bond acceptors (Lipinski definition) is 5. The van der Waals surface area contributed by atoms with Crippen LogP contribution in [-0.4, -0.2) is 24.8 Å². The summed E-state index contributed by atoms with van der Waals surface area (Å²) in [5.74, 6) is -0.201. The first-order chi connectivity index (χ1) is 12.4. The molecule has 0 radical (unpaired) electrons. The van der Waals surface area contributed by atoms with E-state index in [-0.39, 0.29) is 11.5 Å². The van der Waals surface area contributed by atoms with Crippen LogP contribution in [0, 0.1) is 28.6 Å². The standard InChI is InChI=1S/C20H24N4O2/c1-20(2,3)26-19(25)24-18(14-7-5-4-6-8-14)17-13-23-10-9-16(17)15(11-21)12-22/h4-8,17-18,23H,9-10,13H2,1-3H3,(H,24,25)/t17-,18-/m0/s1. The predicted molar refractivity (Wildman–Crippen MR) is 97.8 cm³/mol. The van der Waals surface area contributed by atoms with Gasteiger partial charge in [0, 0.05) is 12.5 Å². The Labute approximate surface area is 154 Å². The number of nitriles is 2. The van der Waals surface area contributed by atoms with Crippen molar-refractivity contribution in [1.29, 1.82) is 10.5 Å². The Morgan fingerprint density at radius 3 is 2.50 bits per heavy atom. The van der Waals surface area contributed by atoms with Crippen molar-refractivity contribution in [2.45, 2.75) is 38.8 Å². The largest absolute Gasteiger partial charge is 0.444 e. The van der Waals surface area contributed by atoms with E-state index in [9.17, 15) is 15.3 Å². The molecular formula is C20H24N4O2. The molecule has 1 saturated heterocycles. The van der Waals surface area contributed by atoms with E-state index in [1.54, 1.807) is 20.8 Å². The van der Waals surface area contributed by atoms with Gasteiger partial charge in [-0.15, -0.1) is 0 Å². The van der Waals surface area contributed by atoms with Crippen LogP contribution < -0.4 is 10.6 Å². The summed E-state index contributed by atoms with van der Waals surface area (Å²) >= 11 is 0. The number of piperidine rings is 1. The zero-order valence-electron chi connectivity index (χ0n) is 15.4. The number of rotatable bonds is 3. The maximum atomic E-state index is 12.4. The second kappa shape index (κ2) is 8.51. The molecule has 1 aliphatic rings. The van der Waals surface area contributed by atoms with Crippen molar-refractivity contribution >= 4 is 6.09 Å². The second-order valence-corrected chi connectivity index (χ2v) is 7.22. The van der Waals surface area contributed by atoms with Gasteiger partial charge < -0.3 is 15.4 Å². The molecule has 0 saturated carbocycles. The number of alkyl carbamates (subject to hydrolysis) is 1. The lowest BCUT2D eigenvalue weighted by atomic mass is 9.81. The highest BCUT2D eigenvalue weighted by Crippen LogP contribution is 2.33. The molecule has 0 aliphatic carbocycles. The normalized spacial score (nSPS) is 18.2. The molecule has 6 nitrogen and oxygen atoms in total. The van der Waals surface area contributed by atoms with Gasteiger partial charge in [-0.05, 0) is 44.9 Å². The van der Waals surface area contributed by atoms with Crippen LogP contribution in [-0.2, 0) is 4.74 Å². The van der Waals surface area contributed by atoms with E-state index in [1.807, 2.05) is 42.5 Å². The van der Waals surface area contributed by atoms with Crippen LogP contribution in [0.4, 0.5) is 4.79 Å². The first-order valence-electron chi connectivity index (χ1n) is 8.64. The van der Waals surface area contributed by atoms with Gasteiger partial charge in [-0.1, -0.05) is 30.3 Å². The van der Waals surface area contributed by atoms with Gasteiger partial charge in [0.05, 0.1) is 6.04 Å². The summed E-state index contributed by atoms with van der Waals surface area (Å²) < 4.78 is 5.41. The highest BCUT2D eigenvalue weighted by atomic mass is 16.6. The molecule has 6 heteroatoms. The average molecular weight is 352 g/mol. The first-order valence-corrected chi connectivity index (χ1v) is 8.64. The first kappa shape index (κ1) is 19.5. The molecule has 1 aromatic rings. The van der Waals surface area contributed by atoms with E-state index in [4.69, 9.17) is 4.74 Å². The van der Waals surface area contributed by atoms with Crippen LogP contribution in [0.1, 0.15) is 38.8 Å². The fraction of sp³-hybridized carbons (Fsp3) is 0.450. The zero-order chi connectivity index (χ0) is 19.2. The van der Waals surface area contributed by atoms with Crippen LogP contribution in [0.15, 0.2) is 41.5 Å². The van der Waals surface area contributed by atoms with Gasteiger partial charge in [0.15, 0.2) is 0 Å². The Morgan fingerprint density at radius 1 is 1.27 bits per heavy atom. The number of carbonyl (C=O) groups is 1. The third-order valence-electron chi connectivity index (χ3n) is 4.16. The summed E-state index contributed by atoms with van der Waals surface area (Å²) in [6.07, 6.45) is 0.0761. The van der Waals surface area contributed by atoms with Crippen LogP contribution >= 0.6 is 0 Å². The van der Waals surface area contributed by atoms with Crippen molar-refractivity contribution < 1.29 is 9.53 Å². The van der Waals surface area contributed by atoms with E-state index < -0.39 is 17.7 Å². The molecule has 136 valence electrons. The van der Waals surface area contributed by atoms with Gasteiger partial charge in [-0.3, -0.25) is 0 Å². The highest BCUT2D eigenvalue weighted by molar-refractivity contribution is 5.68. The molecule has 1 fully saturated rings. The number of nitrogens with one attached hydrogen (secondary N) is 2. The van der Waals surface area contributed by atoms with E-state index >= 15 is 0 Å². The Morgan fingerprint density at radius 2 is 1.92 bits per heavy atom. The van der Waals surface area contributed by atoms with Crippen LogP contribution in [0.3, 0.4) is 0 Å². The summed E-state index contributed by atoms with van der Waals surface area (Å²) in [6, 6.07) is 13.1. The van der Waals surface area contributed by atoms with Gasteiger partial charge in [-0.25, -0.2) is 4.79 Å². The number of nitrogens with zero attached hydrogens (tertiary/aromatic N) is 2. The quantitative estimate of drug-likeness (QED) is 0.814. The van der Waals surface area contributed by atoms with Crippen molar-refractivity contribution in [2.24, 2.45) is 5.92 Å². The number of benzene rings is 1. The van der Waals surface area contributed by atoms with E-state index in [0.717, 1.165) is 11.1 Å². The molecule has 1 heterocycles. The topological polar surface area (TPSA) is 97.9 Å². The third kappa shape index (κ3) is 5.08. The molecule has 0 spiro atoms. The molecule has 0 aromatic heterocycles. The molecule has 0 bridgehead atoms. The number of ether oxygens (including phenoxy) is 1. The SMILES string of the molecule is CC(C)(C)OC(=O)N[C@@H](c1ccccc1)[C@H]1CNCCC1=C(C#N)C#N. The number of amides is 1. The molecule has 2 rings (SSSR count). The highest BCUT2D eigenvalue weighted by Gasteiger charge is 2.33. The Balaban J connectivity index is 2.40. The molecule has 1 amide bonds. The van der Waals surface area contributed by atoms with Crippen molar-refractivity contribution in [1.82, 2.24) is 10.6 Å². The van der Waals surface area contributed by atoms with Crippen LogP contribution in [0.2, 0.25) is 0 Å². The summed E-state index contributed by atoms with van der Waals surface area (Å²) in [5.41, 5.74) is 1.20. The molecular weight excluding hydrogens is 328 g/mol. The summed E-state index contributed by atoms with van der Waals surface area (Å²) in [7, 11) is 0. The van der Waals surface area contributed by atoms with E-state index in [1.165, 1.54) is 0 Å². The lowest BCUT2D eigenvalue weighted by Gasteiger charge is -2.34. The summed E-state index contributed by atoms with van der Waals surface area (Å²) in [6.45, 7) is 6.69. The van der Waals surface area contributed by atoms with Crippen LogP contribution in [0.25, 0.3) is 0 Å². The van der Waals surface area contributed by atoms with Gasteiger partial charge in [0.25, 0.3) is 0 Å². The molecule has 26 heavy (non-hydrogen) atoms. The minimum absolute atomic E-state index is 0.128. The van der Waals surface area contributed by atoms with Crippen LogP contribution in [0.5, 0.6) is 0 Å². The van der Waals surface area contributed by atoms with Gasteiger partial charge in [-0.2, -0.15) is 10.5 Å². The van der Waals surface area contributed by atoms with Crippen molar-refractivity contribution in [3.8, 4) is 12.1 Å². The van der Waals surface area contributed by atoms with Crippen molar-refractivity contribution in [3.63, 3.8) is 0 Å². The minimum Gasteiger partial charge on any atom is -0.444 e. The molecule has 1 aromatic carbocycles.